The van der Waals surface area contributed by atoms with E-state index in [1.54, 1.807) is 13.8 Å². The summed E-state index contributed by atoms with van der Waals surface area (Å²) in [7, 11) is 0. The van der Waals surface area contributed by atoms with Gasteiger partial charge in [-0.3, -0.25) is 9.59 Å². The lowest BCUT2D eigenvalue weighted by Gasteiger charge is -2.17. The van der Waals surface area contributed by atoms with Gasteiger partial charge >= 0.3 is 6.18 Å². The molecule has 0 aliphatic rings. The average molecular weight is 283 g/mol. The highest BCUT2D eigenvalue weighted by Gasteiger charge is 2.30. The summed E-state index contributed by atoms with van der Waals surface area (Å²) >= 11 is 0. The molecule has 8 heteroatoms. The fraction of sp³-hybridized carbons (Fsp3) is 0.818. The van der Waals surface area contributed by atoms with Crippen LogP contribution in [0, 0.1) is 5.92 Å². The van der Waals surface area contributed by atoms with Crippen molar-refractivity contribution in [3.05, 3.63) is 0 Å². The highest BCUT2D eigenvalue weighted by molar-refractivity contribution is 5.87. The number of nitrogens with one attached hydrogen (secondary N) is 2. The molecule has 19 heavy (non-hydrogen) atoms. The van der Waals surface area contributed by atoms with Crippen molar-refractivity contribution in [2.75, 3.05) is 6.54 Å². The maximum absolute atomic E-state index is 12.0. The summed E-state index contributed by atoms with van der Waals surface area (Å²) < 4.78 is 36.1. The molecule has 0 bridgehead atoms. The van der Waals surface area contributed by atoms with Crippen molar-refractivity contribution in [3.63, 3.8) is 0 Å². The summed E-state index contributed by atoms with van der Waals surface area (Å²) in [6, 6.07) is -1.79. The van der Waals surface area contributed by atoms with E-state index in [1.807, 2.05) is 0 Å². The van der Waals surface area contributed by atoms with Crippen molar-refractivity contribution in [2.45, 2.75) is 45.5 Å². The fourth-order valence-corrected chi connectivity index (χ4v) is 1.31. The molecule has 0 spiro atoms. The first-order chi connectivity index (χ1) is 8.53. The molecule has 112 valence electrons. The number of hydrogen-bond acceptors (Lipinski definition) is 3. The van der Waals surface area contributed by atoms with Crippen LogP contribution in [-0.2, 0) is 9.59 Å². The van der Waals surface area contributed by atoms with Crippen molar-refractivity contribution < 1.29 is 22.8 Å². The van der Waals surface area contributed by atoms with Gasteiger partial charge in [-0.25, -0.2) is 0 Å². The molecule has 0 aliphatic heterocycles. The first kappa shape index (κ1) is 17.7. The van der Waals surface area contributed by atoms with E-state index in [-0.39, 0.29) is 12.5 Å². The summed E-state index contributed by atoms with van der Waals surface area (Å²) in [6.07, 6.45) is -5.45. The van der Waals surface area contributed by atoms with Gasteiger partial charge in [-0.2, -0.15) is 13.2 Å². The Morgan fingerprint density at radius 2 is 1.74 bits per heavy atom. The molecule has 0 heterocycles. The minimum atomic E-state index is -4.34. The van der Waals surface area contributed by atoms with Crippen LogP contribution < -0.4 is 16.4 Å². The quantitative estimate of drug-likeness (QED) is 0.665. The summed E-state index contributed by atoms with van der Waals surface area (Å²) in [4.78, 5) is 22.7. The summed E-state index contributed by atoms with van der Waals surface area (Å²) in [6.45, 7) is 4.35. The molecular formula is C11H20F3N3O2. The van der Waals surface area contributed by atoms with E-state index in [0.717, 1.165) is 0 Å². The standard InChI is InChI=1S/C11H20F3N3O2/c1-6(2)9(15)10(19)16-5-8(18)17-7(3)4-11(12,13)14/h6-7,9H,4-5,15H2,1-3H3,(H,16,19)(H,17,18)/t7?,9-/m0/s1. The molecule has 0 rings (SSSR count). The number of halogens is 3. The van der Waals surface area contributed by atoms with Crippen molar-refractivity contribution in [2.24, 2.45) is 11.7 Å². The van der Waals surface area contributed by atoms with Gasteiger partial charge in [-0.05, 0) is 12.8 Å². The molecule has 0 saturated heterocycles. The number of alkyl halides is 3. The minimum Gasteiger partial charge on any atom is -0.352 e. The van der Waals surface area contributed by atoms with Crippen LogP contribution in [0.3, 0.4) is 0 Å². The maximum atomic E-state index is 12.0. The number of amides is 2. The van der Waals surface area contributed by atoms with E-state index in [0.29, 0.717) is 0 Å². The second kappa shape index (κ2) is 7.32. The molecule has 0 radical (unpaired) electrons. The first-order valence-corrected chi connectivity index (χ1v) is 5.92. The molecule has 2 atom stereocenters. The summed E-state index contributed by atoms with van der Waals surface area (Å²) in [5.41, 5.74) is 5.54. The lowest BCUT2D eigenvalue weighted by atomic mass is 10.1. The zero-order chi connectivity index (χ0) is 15.2. The number of hydrogen-bond donors (Lipinski definition) is 3. The molecule has 0 aromatic rings. The highest BCUT2D eigenvalue weighted by Crippen LogP contribution is 2.21. The number of carbonyl (C=O) groups is 2. The Bertz CT molecular complexity index is 319. The summed E-state index contributed by atoms with van der Waals surface area (Å²) in [5.74, 6) is -1.28. The minimum absolute atomic E-state index is 0.0905. The van der Waals surface area contributed by atoms with Crippen molar-refractivity contribution in [3.8, 4) is 0 Å². The van der Waals surface area contributed by atoms with Gasteiger partial charge in [-0.15, -0.1) is 0 Å². The Labute approximate surface area is 110 Å². The fourth-order valence-electron chi connectivity index (χ4n) is 1.31. The molecule has 0 aromatic carbocycles. The van der Waals surface area contributed by atoms with Gasteiger partial charge in [0.05, 0.1) is 19.0 Å². The van der Waals surface area contributed by atoms with E-state index < -0.39 is 36.5 Å². The number of rotatable bonds is 6. The molecule has 0 fully saturated rings. The van der Waals surface area contributed by atoms with Crippen LogP contribution in [0.5, 0.6) is 0 Å². The van der Waals surface area contributed by atoms with Crippen LogP contribution in [0.25, 0.3) is 0 Å². The van der Waals surface area contributed by atoms with Gasteiger partial charge in [0.1, 0.15) is 0 Å². The second-order valence-electron chi connectivity index (χ2n) is 4.78. The van der Waals surface area contributed by atoms with E-state index in [1.165, 1.54) is 6.92 Å². The van der Waals surface area contributed by atoms with Gasteiger partial charge < -0.3 is 16.4 Å². The topological polar surface area (TPSA) is 84.2 Å². The van der Waals surface area contributed by atoms with Gasteiger partial charge in [0.15, 0.2) is 0 Å². The third-order valence-electron chi connectivity index (χ3n) is 2.39. The molecule has 0 aliphatic carbocycles. The van der Waals surface area contributed by atoms with Crippen molar-refractivity contribution >= 4 is 11.8 Å². The molecule has 0 aromatic heterocycles. The average Bonchev–Trinajstić information content (AvgIpc) is 2.21. The Morgan fingerprint density at radius 1 is 1.21 bits per heavy atom. The Hall–Kier alpha value is -1.31. The molecule has 4 N–H and O–H groups in total. The largest absolute Gasteiger partial charge is 0.391 e. The molecular weight excluding hydrogens is 263 g/mol. The normalized spacial score (nSPS) is 14.9. The van der Waals surface area contributed by atoms with Crippen molar-refractivity contribution in [1.82, 2.24) is 10.6 Å². The van der Waals surface area contributed by atoms with Crippen LogP contribution in [0.1, 0.15) is 27.2 Å². The van der Waals surface area contributed by atoms with Gasteiger partial charge in [-0.1, -0.05) is 13.8 Å². The predicted molar refractivity (Wildman–Crippen MR) is 64.1 cm³/mol. The molecule has 5 nitrogen and oxygen atoms in total. The number of nitrogens with two attached hydrogens (primary N) is 1. The molecule has 1 unspecified atom stereocenters. The van der Waals surface area contributed by atoms with Crippen LogP contribution in [0.2, 0.25) is 0 Å². The second-order valence-corrected chi connectivity index (χ2v) is 4.78. The lowest BCUT2D eigenvalue weighted by molar-refractivity contribution is -0.141. The Kier molecular flexibility index (Phi) is 6.82. The van der Waals surface area contributed by atoms with Crippen molar-refractivity contribution in [1.29, 1.82) is 0 Å². The van der Waals surface area contributed by atoms with E-state index in [4.69, 9.17) is 5.73 Å². The predicted octanol–water partition coefficient (Wildman–Crippen LogP) is 0.543. The molecule has 2 amide bonds. The van der Waals surface area contributed by atoms with Crippen LogP contribution in [0.4, 0.5) is 13.2 Å². The Balaban J connectivity index is 4.03. The smallest absolute Gasteiger partial charge is 0.352 e. The zero-order valence-electron chi connectivity index (χ0n) is 11.2. The zero-order valence-corrected chi connectivity index (χ0v) is 11.2. The maximum Gasteiger partial charge on any atom is 0.391 e. The van der Waals surface area contributed by atoms with Crippen LogP contribution >= 0.6 is 0 Å². The van der Waals surface area contributed by atoms with Gasteiger partial charge in [0.25, 0.3) is 0 Å². The lowest BCUT2D eigenvalue weighted by Crippen LogP contribution is -2.48. The number of carbonyl (C=O) groups excluding carboxylic acids is 2. The third kappa shape index (κ3) is 8.41. The summed E-state index contributed by atoms with van der Waals surface area (Å²) in [5, 5.41) is 4.42. The van der Waals surface area contributed by atoms with Gasteiger partial charge in [0, 0.05) is 6.04 Å². The highest BCUT2D eigenvalue weighted by atomic mass is 19.4. The van der Waals surface area contributed by atoms with Crippen LogP contribution in [-0.4, -0.2) is 36.6 Å². The van der Waals surface area contributed by atoms with E-state index in [9.17, 15) is 22.8 Å². The van der Waals surface area contributed by atoms with Gasteiger partial charge in [0.2, 0.25) is 11.8 Å². The van der Waals surface area contributed by atoms with Crippen LogP contribution in [0.15, 0.2) is 0 Å². The van der Waals surface area contributed by atoms with E-state index >= 15 is 0 Å². The SMILES string of the molecule is CC(CC(F)(F)F)NC(=O)CNC(=O)[C@@H](N)C(C)C. The first-order valence-electron chi connectivity index (χ1n) is 5.92. The third-order valence-corrected chi connectivity index (χ3v) is 2.39. The monoisotopic (exact) mass is 283 g/mol. The van der Waals surface area contributed by atoms with E-state index in [2.05, 4.69) is 10.6 Å². The Morgan fingerprint density at radius 3 is 2.16 bits per heavy atom. The molecule has 0 saturated carbocycles.